The van der Waals surface area contributed by atoms with Crippen molar-refractivity contribution in [1.82, 2.24) is 0 Å². The SMILES string of the molecule is CCCCC=C(C(C)=O)C(=O)OC(C)(C)C. The van der Waals surface area contributed by atoms with Crippen molar-refractivity contribution in [3.05, 3.63) is 11.6 Å². The van der Waals surface area contributed by atoms with Gasteiger partial charge in [-0.2, -0.15) is 0 Å². The van der Waals surface area contributed by atoms with Gasteiger partial charge in [-0.05, 0) is 34.1 Å². The summed E-state index contributed by atoms with van der Waals surface area (Å²) in [6, 6.07) is 0. The lowest BCUT2D eigenvalue weighted by atomic mass is 10.1. The predicted molar refractivity (Wildman–Crippen MR) is 64.1 cm³/mol. The molecule has 0 radical (unpaired) electrons. The molecule has 0 saturated heterocycles. The van der Waals surface area contributed by atoms with Crippen LogP contribution in [0.2, 0.25) is 0 Å². The van der Waals surface area contributed by atoms with E-state index in [1.807, 2.05) is 0 Å². The molecule has 3 heteroatoms. The molecule has 0 aromatic carbocycles. The highest BCUT2D eigenvalue weighted by molar-refractivity contribution is 6.16. The summed E-state index contributed by atoms with van der Waals surface area (Å²) in [5.74, 6) is -0.749. The summed E-state index contributed by atoms with van der Waals surface area (Å²) in [5, 5.41) is 0. The van der Waals surface area contributed by atoms with Gasteiger partial charge in [0.2, 0.25) is 0 Å². The van der Waals surface area contributed by atoms with E-state index in [1.54, 1.807) is 26.8 Å². The van der Waals surface area contributed by atoms with Gasteiger partial charge in [0.25, 0.3) is 0 Å². The van der Waals surface area contributed by atoms with E-state index in [0.29, 0.717) is 0 Å². The molecular weight excluding hydrogens is 204 g/mol. The number of ketones is 1. The van der Waals surface area contributed by atoms with E-state index >= 15 is 0 Å². The third-order valence-electron chi connectivity index (χ3n) is 1.90. The molecule has 0 unspecified atom stereocenters. The molecule has 0 spiro atoms. The Hall–Kier alpha value is -1.12. The van der Waals surface area contributed by atoms with E-state index in [9.17, 15) is 9.59 Å². The fourth-order valence-electron chi connectivity index (χ4n) is 1.15. The minimum atomic E-state index is -0.559. The molecule has 0 saturated carbocycles. The molecule has 16 heavy (non-hydrogen) atoms. The average Bonchev–Trinajstić information content (AvgIpc) is 2.08. The molecule has 0 fully saturated rings. The Labute approximate surface area is 97.9 Å². The molecule has 0 heterocycles. The van der Waals surface area contributed by atoms with Gasteiger partial charge in [0.15, 0.2) is 5.78 Å². The quantitative estimate of drug-likeness (QED) is 0.238. The van der Waals surface area contributed by atoms with Crippen molar-refractivity contribution in [1.29, 1.82) is 0 Å². The van der Waals surface area contributed by atoms with E-state index < -0.39 is 11.6 Å². The first-order valence-electron chi connectivity index (χ1n) is 5.72. The Morgan fingerprint density at radius 1 is 1.25 bits per heavy atom. The fourth-order valence-corrected chi connectivity index (χ4v) is 1.15. The third-order valence-corrected chi connectivity index (χ3v) is 1.90. The predicted octanol–water partition coefficient (Wildman–Crippen LogP) is 3.03. The van der Waals surface area contributed by atoms with Gasteiger partial charge in [-0.25, -0.2) is 4.79 Å². The lowest BCUT2D eigenvalue weighted by Crippen LogP contribution is -2.26. The smallest absolute Gasteiger partial charge is 0.341 e. The van der Waals surface area contributed by atoms with Gasteiger partial charge in [-0.15, -0.1) is 0 Å². The summed E-state index contributed by atoms with van der Waals surface area (Å²) in [6.07, 6.45) is 4.43. The molecule has 0 amide bonds. The van der Waals surface area contributed by atoms with Crippen LogP contribution in [0.3, 0.4) is 0 Å². The van der Waals surface area contributed by atoms with Crippen LogP contribution >= 0.6 is 0 Å². The number of hydrogen-bond acceptors (Lipinski definition) is 3. The van der Waals surface area contributed by atoms with Crippen molar-refractivity contribution >= 4 is 11.8 Å². The van der Waals surface area contributed by atoms with E-state index in [-0.39, 0.29) is 11.4 Å². The van der Waals surface area contributed by atoms with Crippen LogP contribution in [0, 0.1) is 0 Å². The van der Waals surface area contributed by atoms with Crippen LogP contribution < -0.4 is 0 Å². The monoisotopic (exact) mass is 226 g/mol. The van der Waals surface area contributed by atoms with Crippen molar-refractivity contribution in [3.8, 4) is 0 Å². The Bertz CT molecular complexity index is 282. The molecule has 0 aliphatic carbocycles. The summed E-state index contributed by atoms with van der Waals surface area (Å²) in [5.41, 5.74) is -0.389. The first-order valence-corrected chi connectivity index (χ1v) is 5.72. The second kappa shape index (κ2) is 6.46. The first kappa shape index (κ1) is 14.9. The molecule has 0 aliphatic rings. The number of carbonyl (C=O) groups is 2. The maximum Gasteiger partial charge on any atom is 0.341 e. The minimum absolute atomic E-state index is 0.170. The first-order chi connectivity index (χ1) is 7.28. The van der Waals surface area contributed by atoms with Gasteiger partial charge in [-0.1, -0.05) is 25.8 Å². The van der Waals surface area contributed by atoms with Crippen LogP contribution in [0.15, 0.2) is 11.6 Å². The molecule has 0 atom stereocenters. The zero-order chi connectivity index (χ0) is 12.8. The number of esters is 1. The molecule has 92 valence electrons. The van der Waals surface area contributed by atoms with Gasteiger partial charge >= 0.3 is 5.97 Å². The Morgan fingerprint density at radius 3 is 2.19 bits per heavy atom. The summed E-state index contributed by atoms with van der Waals surface area (Å²) in [7, 11) is 0. The molecule has 0 N–H and O–H groups in total. The normalized spacial score (nSPS) is 12.4. The van der Waals surface area contributed by atoms with E-state index in [2.05, 4.69) is 6.92 Å². The summed E-state index contributed by atoms with van der Waals surface area (Å²) in [6.45, 7) is 8.81. The zero-order valence-corrected chi connectivity index (χ0v) is 10.9. The number of unbranched alkanes of at least 4 members (excludes halogenated alkanes) is 2. The number of hydrogen-bond donors (Lipinski definition) is 0. The van der Waals surface area contributed by atoms with E-state index in [4.69, 9.17) is 4.74 Å². The van der Waals surface area contributed by atoms with Crippen molar-refractivity contribution in [2.24, 2.45) is 0 Å². The average molecular weight is 226 g/mol. The minimum Gasteiger partial charge on any atom is -0.456 e. The van der Waals surface area contributed by atoms with Crippen LogP contribution in [0.25, 0.3) is 0 Å². The van der Waals surface area contributed by atoms with Crippen LogP contribution in [-0.2, 0) is 14.3 Å². The highest BCUT2D eigenvalue weighted by atomic mass is 16.6. The van der Waals surface area contributed by atoms with Gasteiger partial charge in [-0.3, -0.25) is 4.79 Å². The highest BCUT2D eigenvalue weighted by Crippen LogP contribution is 2.12. The lowest BCUT2D eigenvalue weighted by molar-refractivity contribution is -0.150. The highest BCUT2D eigenvalue weighted by Gasteiger charge is 2.21. The van der Waals surface area contributed by atoms with E-state index in [1.165, 1.54) is 6.92 Å². The van der Waals surface area contributed by atoms with Gasteiger partial charge < -0.3 is 4.74 Å². The fraction of sp³-hybridized carbons (Fsp3) is 0.692. The maximum atomic E-state index is 11.7. The van der Waals surface area contributed by atoms with Gasteiger partial charge in [0, 0.05) is 0 Å². The third kappa shape index (κ3) is 6.38. The van der Waals surface area contributed by atoms with Crippen molar-refractivity contribution in [2.45, 2.75) is 59.5 Å². The number of carbonyl (C=O) groups excluding carboxylic acids is 2. The van der Waals surface area contributed by atoms with Gasteiger partial charge in [0.1, 0.15) is 5.60 Å². The number of allylic oxidation sites excluding steroid dienone is 1. The molecule has 0 aromatic rings. The van der Waals surface area contributed by atoms with Crippen molar-refractivity contribution in [2.75, 3.05) is 0 Å². The second-order valence-corrected chi connectivity index (χ2v) is 4.82. The molecular formula is C13H22O3. The van der Waals surface area contributed by atoms with Crippen molar-refractivity contribution < 1.29 is 14.3 Å². The molecule has 0 aromatic heterocycles. The van der Waals surface area contributed by atoms with Crippen LogP contribution in [0.5, 0.6) is 0 Å². The number of Topliss-reactive ketones (excluding diaryl/α,β-unsaturated/α-hetero) is 1. The standard InChI is InChI=1S/C13H22O3/c1-6-7-8-9-11(10(2)14)12(15)16-13(3,4)5/h9H,6-8H2,1-5H3. The second-order valence-electron chi connectivity index (χ2n) is 4.82. The van der Waals surface area contributed by atoms with E-state index in [0.717, 1.165) is 19.3 Å². The van der Waals surface area contributed by atoms with Crippen LogP contribution in [-0.4, -0.2) is 17.4 Å². The van der Waals surface area contributed by atoms with Crippen molar-refractivity contribution in [3.63, 3.8) is 0 Å². The molecule has 0 bridgehead atoms. The topological polar surface area (TPSA) is 43.4 Å². The lowest BCUT2D eigenvalue weighted by Gasteiger charge is -2.19. The van der Waals surface area contributed by atoms with Gasteiger partial charge in [0.05, 0.1) is 5.57 Å². The summed E-state index contributed by atoms with van der Waals surface area (Å²) in [4.78, 5) is 23.0. The summed E-state index contributed by atoms with van der Waals surface area (Å²) < 4.78 is 5.16. The Kier molecular flexibility index (Phi) is 6.01. The number of ether oxygens (including phenoxy) is 1. The van der Waals surface area contributed by atoms with Crippen LogP contribution in [0.4, 0.5) is 0 Å². The zero-order valence-electron chi connectivity index (χ0n) is 10.9. The Morgan fingerprint density at radius 2 is 1.81 bits per heavy atom. The molecule has 0 aliphatic heterocycles. The largest absolute Gasteiger partial charge is 0.456 e. The van der Waals surface area contributed by atoms with Crippen LogP contribution in [0.1, 0.15) is 53.9 Å². The number of rotatable bonds is 5. The molecule has 0 rings (SSSR count). The molecule has 3 nitrogen and oxygen atoms in total. The summed E-state index contributed by atoms with van der Waals surface area (Å²) >= 11 is 0. The maximum absolute atomic E-state index is 11.7. The Balaban J connectivity index is 4.60.